The molecule has 13 heteroatoms. The van der Waals surface area contributed by atoms with E-state index in [2.05, 4.69) is 36.2 Å². The maximum atomic E-state index is 14.6. The van der Waals surface area contributed by atoms with Crippen molar-refractivity contribution in [3.8, 4) is 5.69 Å². The number of rotatable bonds is 7. The van der Waals surface area contributed by atoms with E-state index < -0.39 is 21.1 Å². The van der Waals surface area contributed by atoms with Gasteiger partial charge in [0.1, 0.15) is 12.0 Å². The summed E-state index contributed by atoms with van der Waals surface area (Å²) in [6.07, 6.45) is 10.4. The quantitative estimate of drug-likeness (QED) is 0.184. The van der Waals surface area contributed by atoms with Crippen LogP contribution in [0.25, 0.3) is 11.8 Å². The minimum absolute atomic E-state index is 0.0876. The molecule has 4 heterocycles. The SMILES string of the molecule is C=S(=O)(c1ncn(C)n1)N(C1CC1)[C@H]1CCC2=Cc3c(nnn3-c3ccc(F)nc3)C[C@]2(C(=O)c2cc(C)ccn2)C1. The highest BCUT2D eigenvalue weighted by atomic mass is 32.2. The summed E-state index contributed by atoms with van der Waals surface area (Å²) in [7, 11) is -1.26. The fraction of sp³-hybridized carbons (Fsp3) is 0.379. The van der Waals surface area contributed by atoms with Crippen LogP contribution < -0.4 is 0 Å². The molecular formula is C29H30FN9O2S. The summed E-state index contributed by atoms with van der Waals surface area (Å²) in [6.45, 7) is 1.93. The third kappa shape index (κ3) is 4.38. The van der Waals surface area contributed by atoms with Crippen molar-refractivity contribution >= 4 is 27.4 Å². The number of nitrogens with zero attached hydrogens (tertiary/aromatic N) is 9. The Morgan fingerprint density at radius 1 is 1.17 bits per heavy atom. The van der Waals surface area contributed by atoms with Crippen LogP contribution in [0.5, 0.6) is 0 Å². The molecule has 11 nitrogen and oxygen atoms in total. The highest BCUT2D eigenvalue weighted by Crippen LogP contribution is 2.52. The molecule has 0 amide bonds. The highest BCUT2D eigenvalue weighted by Gasteiger charge is 2.53. The van der Waals surface area contributed by atoms with E-state index in [-0.39, 0.29) is 23.0 Å². The summed E-state index contributed by atoms with van der Waals surface area (Å²) in [6, 6.07) is 6.44. The van der Waals surface area contributed by atoms with Crippen molar-refractivity contribution in [3.63, 3.8) is 0 Å². The van der Waals surface area contributed by atoms with Crippen LogP contribution >= 0.6 is 0 Å². The van der Waals surface area contributed by atoms with E-state index in [9.17, 15) is 13.4 Å². The molecule has 2 fully saturated rings. The smallest absolute Gasteiger partial charge is 0.244 e. The molecule has 7 rings (SSSR count). The minimum Gasteiger partial charge on any atom is -0.291 e. The topological polar surface area (TPSA) is 125 Å². The van der Waals surface area contributed by atoms with E-state index in [1.807, 2.05) is 29.4 Å². The third-order valence-corrected chi connectivity index (χ3v) is 10.5. The van der Waals surface area contributed by atoms with Gasteiger partial charge in [-0.05, 0) is 80.8 Å². The molecule has 0 aliphatic heterocycles. The predicted octanol–water partition coefficient (Wildman–Crippen LogP) is 3.15. The van der Waals surface area contributed by atoms with Crippen LogP contribution in [0.4, 0.5) is 4.39 Å². The number of fused-ring (bicyclic) bond motifs is 2. The van der Waals surface area contributed by atoms with E-state index in [0.717, 1.165) is 29.7 Å². The Kier molecular flexibility index (Phi) is 6.21. The van der Waals surface area contributed by atoms with E-state index in [1.54, 1.807) is 24.0 Å². The molecule has 2 saturated carbocycles. The number of pyridine rings is 2. The average molecular weight is 588 g/mol. The second-order valence-electron chi connectivity index (χ2n) is 11.5. The average Bonchev–Trinajstić information content (AvgIpc) is 3.55. The number of carbonyl (C=O) groups excluding carboxylic acids is 1. The van der Waals surface area contributed by atoms with Gasteiger partial charge in [0.05, 0.1) is 38.4 Å². The minimum atomic E-state index is -3.00. The molecular weight excluding hydrogens is 557 g/mol. The van der Waals surface area contributed by atoms with Crippen molar-refractivity contribution in [2.45, 2.75) is 62.7 Å². The molecule has 3 aliphatic rings. The number of Topliss-reactive ketones (excluding diaryl/α,β-unsaturated/α-hetero) is 1. The Hall–Kier alpha value is -4.10. The van der Waals surface area contributed by atoms with Crippen LogP contribution in [0.3, 0.4) is 0 Å². The lowest BCUT2D eigenvalue weighted by Gasteiger charge is -2.46. The van der Waals surface area contributed by atoms with Gasteiger partial charge in [-0.25, -0.2) is 23.2 Å². The van der Waals surface area contributed by atoms with Gasteiger partial charge in [0, 0.05) is 31.7 Å². The number of carbonyl (C=O) groups is 1. The van der Waals surface area contributed by atoms with Crippen LogP contribution in [-0.2, 0) is 23.2 Å². The first-order chi connectivity index (χ1) is 20.2. The van der Waals surface area contributed by atoms with Crippen molar-refractivity contribution in [2.24, 2.45) is 12.5 Å². The monoisotopic (exact) mass is 587 g/mol. The van der Waals surface area contributed by atoms with Crippen LogP contribution in [0, 0.1) is 18.3 Å². The number of hydrogen-bond acceptors (Lipinski definition) is 8. The Morgan fingerprint density at radius 2 is 2.00 bits per heavy atom. The van der Waals surface area contributed by atoms with Gasteiger partial charge in [-0.3, -0.25) is 14.5 Å². The van der Waals surface area contributed by atoms with Gasteiger partial charge in [-0.1, -0.05) is 10.8 Å². The van der Waals surface area contributed by atoms with E-state index in [4.69, 9.17) is 0 Å². The van der Waals surface area contributed by atoms with Crippen molar-refractivity contribution in [3.05, 3.63) is 77.2 Å². The fourth-order valence-electron chi connectivity index (χ4n) is 6.43. The van der Waals surface area contributed by atoms with Gasteiger partial charge in [0.15, 0.2) is 5.78 Å². The Balaban J connectivity index is 1.32. The zero-order valence-corrected chi connectivity index (χ0v) is 24.2. The maximum Gasteiger partial charge on any atom is 0.244 e. The van der Waals surface area contributed by atoms with Crippen molar-refractivity contribution in [2.75, 3.05) is 0 Å². The van der Waals surface area contributed by atoms with Crippen molar-refractivity contribution in [1.82, 2.24) is 44.0 Å². The number of halogens is 1. The summed E-state index contributed by atoms with van der Waals surface area (Å²) in [4.78, 5) is 27.1. The second kappa shape index (κ2) is 9.73. The first kappa shape index (κ1) is 26.8. The van der Waals surface area contributed by atoms with Gasteiger partial charge >= 0.3 is 0 Å². The Labute approximate surface area is 242 Å². The van der Waals surface area contributed by atoms with Crippen molar-refractivity contribution < 1.29 is 13.4 Å². The summed E-state index contributed by atoms with van der Waals surface area (Å²) in [5, 5.41) is 13.4. The molecule has 4 aromatic rings. The molecule has 0 bridgehead atoms. The summed E-state index contributed by atoms with van der Waals surface area (Å²) in [5.41, 5.74) is 3.31. The lowest BCUT2D eigenvalue weighted by atomic mass is 9.60. The van der Waals surface area contributed by atoms with E-state index in [0.29, 0.717) is 42.8 Å². The molecule has 216 valence electrons. The van der Waals surface area contributed by atoms with Crippen LogP contribution in [-0.4, -0.2) is 72.0 Å². The van der Waals surface area contributed by atoms with Crippen molar-refractivity contribution in [1.29, 1.82) is 0 Å². The molecule has 1 unspecified atom stereocenters. The lowest BCUT2D eigenvalue weighted by molar-refractivity contribution is 0.0734. The molecule has 0 spiro atoms. The second-order valence-corrected chi connectivity index (χ2v) is 13.5. The van der Waals surface area contributed by atoms with Gasteiger partial charge in [-0.2, -0.15) is 4.39 Å². The number of aromatic nitrogens is 8. The molecule has 42 heavy (non-hydrogen) atoms. The van der Waals surface area contributed by atoms with Gasteiger partial charge in [0.25, 0.3) is 0 Å². The normalized spacial score (nSPS) is 23.1. The molecule has 0 radical (unpaired) electrons. The zero-order chi connectivity index (χ0) is 29.2. The van der Waals surface area contributed by atoms with Gasteiger partial charge < -0.3 is 0 Å². The highest BCUT2D eigenvalue weighted by molar-refractivity contribution is 7.98. The summed E-state index contributed by atoms with van der Waals surface area (Å²) in [5.74, 6) is 3.49. The van der Waals surface area contributed by atoms with Crippen LogP contribution in [0.2, 0.25) is 0 Å². The maximum absolute atomic E-state index is 14.6. The number of allylic oxidation sites excluding steroid dienone is 1. The molecule has 0 saturated heterocycles. The summed E-state index contributed by atoms with van der Waals surface area (Å²) < 4.78 is 33.0. The summed E-state index contributed by atoms with van der Waals surface area (Å²) >= 11 is 0. The Morgan fingerprint density at radius 3 is 2.69 bits per heavy atom. The van der Waals surface area contributed by atoms with Crippen LogP contribution in [0.15, 0.2) is 53.7 Å². The number of hydrogen-bond donors (Lipinski definition) is 0. The molecule has 3 atom stereocenters. The standard InChI is InChI=1S/C29H30FN9O2S/c1-18-10-11-31-23(12-18)27(40)29-14-21(39(20-6-7-20)42(3,41)28-33-17-37(2)35-28)5-4-19(29)13-25-24(15-29)34-36-38(25)22-8-9-26(30)32-16-22/h8-13,16-17,20-21H,3-7,14-15H2,1-2H3/t21-,29+,42?/m0/s1. The lowest BCUT2D eigenvalue weighted by Crippen LogP contribution is -2.51. The largest absolute Gasteiger partial charge is 0.291 e. The van der Waals surface area contributed by atoms with E-state index in [1.165, 1.54) is 23.3 Å². The fourth-order valence-corrected chi connectivity index (χ4v) is 8.44. The predicted molar refractivity (Wildman–Crippen MR) is 154 cm³/mol. The van der Waals surface area contributed by atoms with Gasteiger partial charge in [0.2, 0.25) is 11.1 Å². The first-order valence-corrected chi connectivity index (χ1v) is 15.6. The zero-order valence-electron chi connectivity index (χ0n) is 23.4. The molecule has 0 aromatic carbocycles. The first-order valence-electron chi connectivity index (χ1n) is 13.9. The van der Waals surface area contributed by atoms with E-state index >= 15 is 0 Å². The Bertz CT molecular complexity index is 1840. The molecule has 4 aromatic heterocycles. The number of aryl methyl sites for hydroxylation is 2. The third-order valence-electron chi connectivity index (χ3n) is 8.51. The van der Waals surface area contributed by atoms with Crippen LogP contribution in [0.1, 0.15) is 59.5 Å². The molecule has 0 N–H and O–H groups in total. The van der Waals surface area contributed by atoms with Gasteiger partial charge in [-0.15, -0.1) is 10.2 Å². The molecule has 3 aliphatic carbocycles. The number of ketones is 1.